The maximum absolute atomic E-state index is 11.3. The van der Waals surface area contributed by atoms with Gasteiger partial charge in [-0.15, -0.1) is 0 Å². The Morgan fingerprint density at radius 3 is 2.94 bits per heavy atom. The molecule has 1 rings (SSSR count). The number of carbonyl (C=O) groups excluding carboxylic acids is 1. The van der Waals surface area contributed by atoms with Crippen molar-refractivity contribution in [2.24, 2.45) is 0 Å². The van der Waals surface area contributed by atoms with E-state index < -0.39 is 11.6 Å². The van der Waals surface area contributed by atoms with Gasteiger partial charge in [0.2, 0.25) is 0 Å². The van der Waals surface area contributed by atoms with Gasteiger partial charge in [0.25, 0.3) is 0 Å². The summed E-state index contributed by atoms with van der Waals surface area (Å²) in [7, 11) is 1.29. The molecule has 0 spiro atoms. The number of carbonyl (C=O) groups is 1. The summed E-state index contributed by atoms with van der Waals surface area (Å²) >= 11 is 8.48. The molecular weight excluding hydrogens is 296 g/mol. The first-order valence-electron chi connectivity index (χ1n) is 5.09. The van der Waals surface area contributed by atoms with Crippen LogP contribution in [0.15, 0.2) is 0 Å². The van der Waals surface area contributed by atoms with Crippen molar-refractivity contribution < 1.29 is 14.6 Å². The van der Waals surface area contributed by atoms with Gasteiger partial charge in [0, 0.05) is 12.3 Å². The number of hydrogen-bond acceptors (Lipinski definition) is 7. The summed E-state index contributed by atoms with van der Waals surface area (Å²) in [5, 5.41) is 13.5. The van der Waals surface area contributed by atoms with Crippen molar-refractivity contribution in [3.63, 3.8) is 0 Å². The number of rotatable bonds is 6. The molecule has 1 aromatic rings. The van der Waals surface area contributed by atoms with Crippen molar-refractivity contribution in [3.8, 4) is 0 Å². The summed E-state index contributed by atoms with van der Waals surface area (Å²) < 4.78 is 4.58. The number of ether oxygens (including phenoxy) is 1. The highest BCUT2D eigenvalue weighted by Crippen LogP contribution is 2.27. The molecular formula is C10H15ClN2O3S2. The topological polar surface area (TPSA) is 71.5 Å². The van der Waals surface area contributed by atoms with Gasteiger partial charge < -0.3 is 15.2 Å². The fourth-order valence-electron chi connectivity index (χ4n) is 1.22. The SMILES string of the molecule is COC(=O)c1sc(NCC(C)(O)CSC)nc1Cl. The number of halogens is 1. The zero-order valence-corrected chi connectivity index (χ0v) is 12.7. The van der Waals surface area contributed by atoms with Crippen molar-refractivity contribution in [2.45, 2.75) is 12.5 Å². The molecule has 1 unspecified atom stereocenters. The highest BCUT2D eigenvalue weighted by Gasteiger charge is 2.22. The molecule has 0 saturated carbocycles. The molecule has 2 N–H and O–H groups in total. The predicted molar refractivity (Wildman–Crippen MR) is 76.0 cm³/mol. The first-order chi connectivity index (χ1) is 8.39. The molecule has 0 aliphatic heterocycles. The number of methoxy groups -OCH3 is 1. The number of anilines is 1. The van der Waals surface area contributed by atoms with Gasteiger partial charge in [0.1, 0.15) is 0 Å². The van der Waals surface area contributed by atoms with Gasteiger partial charge in [-0.3, -0.25) is 0 Å². The van der Waals surface area contributed by atoms with Crippen LogP contribution in [0.4, 0.5) is 5.13 Å². The van der Waals surface area contributed by atoms with Gasteiger partial charge >= 0.3 is 5.97 Å². The number of nitrogens with zero attached hydrogens (tertiary/aromatic N) is 1. The second-order valence-corrected chi connectivity index (χ2v) is 6.14. The largest absolute Gasteiger partial charge is 0.465 e. The maximum atomic E-state index is 11.3. The molecule has 0 amide bonds. The molecule has 1 aromatic heterocycles. The van der Waals surface area contributed by atoms with Gasteiger partial charge in [-0.25, -0.2) is 9.78 Å². The van der Waals surface area contributed by atoms with E-state index in [9.17, 15) is 9.90 Å². The number of thiazole rings is 1. The quantitative estimate of drug-likeness (QED) is 0.784. The summed E-state index contributed by atoms with van der Waals surface area (Å²) in [6.07, 6.45) is 1.92. The highest BCUT2D eigenvalue weighted by molar-refractivity contribution is 7.98. The van der Waals surface area contributed by atoms with Gasteiger partial charge in [-0.2, -0.15) is 11.8 Å². The molecule has 0 bridgehead atoms. The molecule has 18 heavy (non-hydrogen) atoms. The van der Waals surface area contributed by atoms with E-state index in [1.807, 2.05) is 6.26 Å². The number of esters is 1. The van der Waals surface area contributed by atoms with Crippen LogP contribution >= 0.6 is 34.7 Å². The number of aromatic nitrogens is 1. The normalized spacial score (nSPS) is 14.1. The summed E-state index contributed by atoms with van der Waals surface area (Å²) in [6, 6.07) is 0. The highest BCUT2D eigenvalue weighted by atomic mass is 35.5. The summed E-state index contributed by atoms with van der Waals surface area (Å²) in [5.74, 6) is 0.0876. The zero-order valence-electron chi connectivity index (χ0n) is 10.3. The molecule has 0 fully saturated rings. The minimum Gasteiger partial charge on any atom is -0.465 e. The molecule has 1 heterocycles. The Morgan fingerprint density at radius 1 is 1.72 bits per heavy atom. The number of aliphatic hydroxyl groups is 1. The van der Waals surface area contributed by atoms with Crippen molar-refractivity contribution >= 4 is 45.8 Å². The standard InChI is InChI=1S/C10H15ClN2O3S2/c1-10(15,5-17-3)4-12-9-13-7(11)6(18-9)8(14)16-2/h15H,4-5H2,1-3H3,(H,12,13). The lowest BCUT2D eigenvalue weighted by Crippen LogP contribution is -2.36. The van der Waals surface area contributed by atoms with Gasteiger partial charge in [0.05, 0.1) is 12.7 Å². The van der Waals surface area contributed by atoms with Crippen molar-refractivity contribution in [3.05, 3.63) is 10.0 Å². The zero-order chi connectivity index (χ0) is 13.8. The van der Waals surface area contributed by atoms with E-state index >= 15 is 0 Å². The van der Waals surface area contributed by atoms with Gasteiger partial charge in [-0.1, -0.05) is 22.9 Å². The number of hydrogen-bond donors (Lipinski definition) is 2. The van der Waals surface area contributed by atoms with Crippen LogP contribution in [0.1, 0.15) is 16.6 Å². The van der Waals surface area contributed by atoms with Crippen LogP contribution in [0.5, 0.6) is 0 Å². The second-order valence-electron chi connectivity index (χ2n) is 3.91. The van der Waals surface area contributed by atoms with E-state index in [2.05, 4.69) is 15.0 Å². The third-order valence-corrected chi connectivity index (χ3v) is 4.32. The first kappa shape index (κ1) is 15.6. The Balaban J connectivity index is 2.67. The van der Waals surface area contributed by atoms with Crippen molar-refractivity contribution in [2.75, 3.05) is 31.0 Å². The molecule has 102 valence electrons. The fraction of sp³-hybridized carbons (Fsp3) is 0.600. The van der Waals surface area contributed by atoms with Crippen molar-refractivity contribution in [1.82, 2.24) is 4.98 Å². The third-order valence-electron chi connectivity index (χ3n) is 2.03. The fourth-order valence-corrected chi connectivity index (χ4v) is 3.05. The Hall–Kier alpha value is -0.500. The van der Waals surface area contributed by atoms with E-state index in [0.717, 1.165) is 11.3 Å². The van der Waals surface area contributed by atoms with E-state index in [-0.39, 0.29) is 10.0 Å². The van der Waals surface area contributed by atoms with E-state index in [1.54, 1.807) is 18.7 Å². The van der Waals surface area contributed by atoms with E-state index in [1.165, 1.54) is 7.11 Å². The predicted octanol–water partition coefficient (Wildman–Crippen LogP) is 2.11. The van der Waals surface area contributed by atoms with Gasteiger partial charge in [0.15, 0.2) is 15.2 Å². The Bertz CT molecular complexity index is 423. The monoisotopic (exact) mass is 310 g/mol. The number of thioether (sulfide) groups is 1. The lowest BCUT2D eigenvalue weighted by Gasteiger charge is -2.22. The summed E-state index contributed by atoms with van der Waals surface area (Å²) in [5.41, 5.74) is -0.844. The van der Waals surface area contributed by atoms with Crippen LogP contribution in [0.2, 0.25) is 5.15 Å². The molecule has 0 aromatic carbocycles. The van der Waals surface area contributed by atoms with Crippen LogP contribution in [-0.2, 0) is 4.74 Å². The van der Waals surface area contributed by atoms with E-state index in [0.29, 0.717) is 17.4 Å². The summed E-state index contributed by atoms with van der Waals surface area (Å²) in [6.45, 7) is 2.06. The average Bonchev–Trinajstić information content (AvgIpc) is 2.67. The maximum Gasteiger partial charge on any atom is 0.351 e. The molecule has 0 saturated heterocycles. The van der Waals surface area contributed by atoms with Crippen LogP contribution in [0.3, 0.4) is 0 Å². The first-order valence-corrected chi connectivity index (χ1v) is 7.68. The Labute approximate surface area is 119 Å². The lowest BCUT2D eigenvalue weighted by molar-refractivity contribution is 0.0606. The molecule has 5 nitrogen and oxygen atoms in total. The Morgan fingerprint density at radius 2 is 2.39 bits per heavy atom. The van der Waals surface area contributed by atoms with Crippen LogP contribution < -0.4 is 5.32 Å². The molecule has 1 atom stereocenters. The smallest absolute Gasteiger partial charge is 0.351 e. The van der Waals surface area contributed by atoms with Crippen molar-refractivity contribution in [1.29, 1.82) is 0 Å². The van der Waals surface area contributed by atoms with Crippen LogP contribution in [0, 0.1) is 0 Å². The molecule has 8 heteroatoms. The van der Waals surface area contributed by atoms with E-state index in [4.69, 9.17) is 11.6 Å². The Kier molecular flexibility index (Phi) is 5.71. The third kappa shape index (κ3) is 4.31. The molecule has 0 radical (unpaired) electrons. The number of nitrogens with one attached hydrogen (secondary N) is 1. The summed E-state index contributed by atoms with van der Waals surface area (Å²) in [4.78, 5) is 15.6. The minimum absolute atomic E-state index is 0.110. The average molecular weight is 311 g/mol. The second kappa shape index (κ2) is 6.60. The lowest BCUT2D eigenvalue weighted by atomic mass is 10.1. The van der Waals surface area contributed by atoms with Crippen LogP contribution in [-0.4, -0.2) is 47.3 Å². The van der Waals surface area contributed by atoms with Crippen LogP contribution in [0.25, 0.3) is 0 Å². The molecule has 0 aliphatic carbocycles. The molecule has 0 aliphatic rings. The van der Waals surface area contributed by atoms with Gasteiger partial charge in [-0.05, 0) is 13.2 Å². The minimum atomic E-state index is -0.844.